The Morgan fingerprint density at radius 1 is 1.10 bits per heavy atom. The van der Waals surface area contributed by atoms with Crippen LogP contribution in [0.1, 0.15) is 65.2 Å². The van der Waals surface area contributed by atoms with E-state index < -0.39 is 0 Å². The van der Waals surface area contributed by atoms with Crippen LogP contribution in [0.5, 0.6) is 0 Å². The van der Waals surface area contributed by atoms with E-state index in [1.165, 1.54) is 19.3 Å². The molecule has 2 rings (SSSR count). The third kappa shape index (κ3) is 4.01. The van der Waals surface area contributed by atoms with E-state index in [0.717, 1.165) is 42.6 Å². The Labute approximate surface area is 140 Å². The lowest BCUT2D eigenvalue weighted by atomic mass is 9.96. The first-order valence-electron chi connectivity index (χ1n) is 8.54. The molecule has 2 bridgehead atoms. The number of esters is 1. The van der Waals surface area contributed by atoms with Crippen molar-refractivity contribution >= 4 is 5.97 Å². The van der Waals surface area contributed by atoms with Crippen LogP contribution in [-0.2, 0) is 9.53 Å². The van der Waals surface area contributed by atoms with Gasteiger partial charge in [0.2, 0.25) is 0 Å². The summed E-state index contributed by atoms with van der Waals surface area (Å²) in [5.41, 5.74) is 0. The molecule has 0 aromatic carbocycles. The van der Waals surface area contributed by atoms with E-state index in [0.29, 0.717) is 6.04 Å². The fraction of sp³-hybridized carbons (Fsp3) is 0.941. The fourth-order valence-electron chi connectivity index (χ4n) is 4.40. The molecule has 0 aliphatic carbocycles. The maximum Gasteiger partial charge on any atom is 0.309 e. The summed E-state index contributed by atoms with van der Waals surface area (Å²) in [7, 11) is 4.63. The van der Waals surface area contributed by atoms with Gasteiger partial charge in [0.15, 0.2) is 6.10 Å². The minimum atomic E-state index is 0. The number of carbonyl (C=O) groups excluding carboxylic acids is 1. The van der Waals surface area contributed by atoms with E-state index in [-0.39, 0.29) is 35.0 Å². The van der Waals surface area contributed by atoms with Gasteiger partial charge in [-0.1, -0.05) is 26.7 Å². The van der Waals surface area contributed by atoms with Crippen LogP contribution in [-0.4, -0.2) is 42.7 Å². The molecular weight excluding hydrogens is 330 g/mol. The van der Waals surface area contributed by atoms with Crippen molar-refractivity contribution in [3.05, 3.63) is 0 Å². The first-order valence-corrected chi connectivity index (χ1v) is 8.54. The monoisotopic (exact) mass is 361 g/mol. The third-order valence-electron chi connectivity index (χ3n) is 5.68. The molecule has 0 N–H and O–H groups in total. The van der Waals surface area contributed by atoms with Gasteiger partial charge in [-0.3, -0.25) is 4.79 Å². The van der Waals surface area contributed by atoms with Crippen molar-refractivity contribution in [2.45, 2.75) is 83.4 Å². The van der Waals surface area contributed by atoms with Crippen molar-refractivity contribution < 1.29 is 31.0 Å². The van der Waals surface area contributed by atoms with Crippen LogP contribution < -0.4 is 17.0 Å². The summed E-state index contributed by atoms with van der Waals surface area (Å²) in [5.74, 6) is 0.198. The largest absolute Gasteiger partial charge is 1.00 e. The predicted molar refractivity (Wildman–Crippen MR) is 81.3 cm³/mol. The molecule has 2 fully saturated rings. The first-order chi connectivity index (χ1) is 9.50. The van der Waals surface area contributed by atoms with Gasteiger partial charge in [-0.15, -0.1) is 0 Å². The summed E-state index contributed by atoms with van der Waals surface area (Å²) < 4.78 is 7.03. The number of rotatable bonds is 6. The summed E-state index contributed by atoms with van der Waals surface area (Å²) in [6.07, 6.45) is 9.07. The molecule has 2 heterocycles. The summed E-state index contributed by atoms with van der Waals surface area (Å²) in [6, 6.07) is 1.32. The highest BCUT2D eigenvalue weighted by molar-refractivity contribution is 5.72. The molecule has 21 heavy (non-hydrogen) atoms. The van der Waals surface area contributed by atoms with E-state index in [1.54, 1.807) is 0 Å². The van der Waals surface area contributed by atoms with Gasteiger partial charge < -0.3 is 26.2 Å². The third-order valence-corrected chi connectivity index (χ3v) is 5.68. The number of ether oxygens (including phenoxy) is 1. The molecular formula is C17H32BrNO2. The van der Waals surface area contributed by atoms with Crippen molar-refractivity contribution in [3.63, 3.8) is 0 Å². The molecule has 2 aliphatic heterocycles. The maximum atomic E-state index is 12.4. The molecule has 4 heteroatoms. The molecule has 0 amide bonds. The molecule has 2 aliphatic rings. The van der Waals surface area contributed by atoms with E-state index in [4.69, 9.17) is 4.74 Å². The Balaban J connectivity index is 0.00000220. The van der Waals surface area contributed by atoms with Crippen LogP contribution in [0.25, 0.3) is 0 Å². The first kappa shape index (κ1) is 19.0. The number of quaternary nitrogens is 1. The van der Waals surface area contributed by atoms with Crippen LogP contribution in [0.15, 0.2) is 0 Å². The highest BCUT2D eigenvalue weighted by atomic mass is 79.9. The number of piperidine rings is 1. The van der Waals surface area contributed by atoms with Crippen LogP contribution in [0.4, 0.5) is 0 Å². The number of fused-ring (bicyclic) bond motifs is 2. The lowest BCUT2D eigenvalue weighted by Crippen LogP contribution is -3.00. The Bertz CT molecular complexity index is 340. The highest BCUT2D eigenvalue weighted by Crippen LogP contribution is 2.41. The van der Waals surface area contributed by atoms with Gasteiger partial charge in [-0.05, 0) is 19.3 Å². The van der Waals surface area contributed by atoms with Gasteiger partial charge >= 0.3 is 5.97 Å². The van der Waals surface area contributed by atoms with Gasteiger partial charge in [0.1, 0.15) is 6.04 Å². The van der Waals surface area contributed by atoms with Crippen LogP contribution in [0, 0.1) is 5.92 Å². The summed E-state index contributed by atoms with van der Waals surface area (Å²) in [5, 5.41) is 0. The molecule has 124 valence electrons. The fourth-order valence-corrected chi connectivity index (χ4v) is 4.40. The number of likely N-dealkylation sites (N-methyl/N-ethyl adjacent to an activating group) is 1. The Morgan fingerprint density at radius 2 is 1.67 bits per heavy atom. The average molecular weight is 362 g/mol. The standard InChI is InChI=1S/C17H32NO2.BrH/c1-5-7-13(8-6-2)17(19)20-16-12-10-14-9-11-15(16)18(14,3)4;/h13-16H,5-12H2,1-4H3;1H/q+1;/p-1. The van der Waals surface area contributed by atoms with E-state index in [2.05, 4.69) is 27.9 Å². The Morgan fingerprint density at radius 3 is 2.24 bits per heavy atom. The average Bonchev–Trinajstić information content (AvgIpc) is 2.58. The normalized spacial score (nSPS) is 30.0. The molecule has 3 unspecified atom stereocenters. The SMILES string of the molecule is CCCC(CCC)C(=O)OC1CCC2CCC1[N+]2(C)C.[Br-]. The summed E-state index contributed by atoms with van der Waals surface area (Å²) >= 11 is 0. The van der Waals surface area contributed by atoms with Gasteiger partial charge in [0.05, 0.1) is 26.1 Å². The van der Waals surface area contributed by atoms with E-state index in [9.17, 15) is 4.79 Å². The highest BCUT2D eigenvalue weighted by Gasteiger charge is 2.52. The van der Waals surface area contributed by atoms with Crippen molar-refractivity contribution in [3.8, 4) is 0 Å². The van der Waals surface area contributed by atoms with Gasteiger partial charge in [0.25, 0.3) is 0 Å². The lowest BCUT2D eigenvalue weighted by molar-refractivity contribution is -0.933. The second kappa shape index (κ2) is 7.96. The number of hydrogen-bond donors (Lipinski definition) is 0. The molecule has 0 spiro atoms. The van der Waals surface area contributed by atoms with Crippen molar-refractivity contribution in [1.29, 1.82) is 0 Å². The molecule has 0 aromatic rings. The van der Waals surface area contributed by atoms with Crippen molar-refractivity contribution in [2.75, 3.05) is 14.1 Å². The van der Waals surface area contributed by atoms with E-state index in [1.807, 2.05) is 0 Å². The zero-order valence-corrected chi connectivity index (χ0v) is 15.7. The van der Waals surface area contributed by atoms with Crippen LogP contribution >= 0.6 is 0 Å². The van der Waals surface area contributed by atoms with Crippen LogP contribution in [0.2, 0.25) is 0 Å². The molecule has 2 saturated heterocycles. The number of nitrogens with zero attached hydrogens (tertiary/aromatic N) is 1. The molecule has 3 nitrogen and oxygen atoms in total. The van der Waals surface area contributed by atoms with Gasteiger partial charge in [-0.2, -0.15) is 0 Å². The smallest absolute Gasteiger partial charge is 0.309 e. The van der Waals surface area contributed by atoms with Crippen molar-refractivity contribution in [1.82, 2.24) is 0 Å². The van der Waals surface area contributed by atoms with Crippen molar-refractivity contribution in [2.24, 2.45) is 5.92 Å². The topological polar surface area (TPSA) is 26.3 Å². The zero-order valence-electron chi connectivity index (χ0n) is 14.1. The Kier molecular flexibility index (Phi) is 7.18. The van der Waals surface area contributed by atoms with E-state index >= 15 is 0 Å². The lowest BCUT2D eigenvalue weighted by Gasteiger charge is -2.44. The number of hydrogen-bond acceptors (Lipinski definition) is 2. The zero-order chi connectivity index (χ0) is 14.8. The summed E-state index contributed by atoms with van der Waals surface area (Å²) in [6.45, 7) is 4.30. The Hall–Kier alpha value is -0.0900. The summed E-state index contributed by atoms with van der Waals surface area (Å²) in [4.78, 5) is 12.4. The maximum absolute atomic E-state index is 12.4. The molecule has 0 saturated carbocycles. The number of carbonyl (C=O) groups is 1. The van der Waals surface area contributed by atoms with Gasteiger partial charge in [0, 0.05) is 19.3 Å². The molecule has 0 radical (unpaired) electrons. The second-order valence-electron chi connectivity index (χ2n) is 7.25. The molecule has 0 aromatic heterocycles. The molecule has 3 atom stereocenters. The predicted octanol–water partition coefficient (Wildman–Crippen LogP) is 0.520. The minimum Gasteiger partial charge on any atom is -1.00 e. The number of halogens is 1. The van der Waals surface area contributed by atoms with Gasteiger partial charge in [-0.25, -0.2) is 0 Å². The second-order valence-corrected chi connectivity index (χ2v) is 7.25. The minimum absolute atomic E-state index is 0. The van der Waals surface area contributed by atoms with Crippen LogP contribution in [0.3, 0.4) is 0 Å². The quantitative estimate of drug-likeness (QED) is 0.509.